The molecule has 3 aromatic rings. The van der Waals surface area contributed by atoms with Crippen LogP contribution in [-0.2, 0) is 9.53 Å². The van der Waals surface area contributed by atoms with Gasteiger partial charge in [0, 0.05) is 30.9 Å². The van der Waals surface area contributed by atoms with E-state index in [-0.39, 0.29) is 12.0 Å². The van der Waals surface area contributed by atoms with Gasteiger partial charge in [0.2, 0.25) is 5.91 Å². The van der Waals surface area contributed by atoms with E-state index in [1.807, 2.05) is 23.8 Å². The van der Waals surface area contributed by atoms with Crippen LogP contribution in [0.25, 0.3) is 21.2 Å². The summed E-state index contributed by atoms with van der Waals surface area (Å²) in [6.45, 7) is 2.19. The number of morpholine rings is 1. The summed E-state index contributed by atoms with van der Waals surface area (Å²) in [5.41, 5.74) is 2.93. The van der Waals surface area contributed by atoms with Crippen molar-refractivity contribution in [3.05, 3.63) is 42.2 Å². The first-order valence-corrected chi connectivity index (χ1v) is 9.07. The largest absolute Gasteiger partial charge is 0.375 e. The number of amides is 1. The zero-order valence-corrected chi connectivity index (χ0v) is 14.4. The first-order valence-electron chi connectivity index (χ1n) is 8.19. The van der Waals surface area contributed by atoms with Crippen LogP contribution in [0.5, 0.6) is 0 Å². The van der Waals surface area contributed by atoms with E-state index >= 15 is 0 Å². The number of thiazole rings is 1. The van der Waals surface area contributed by atoms with Crippen LogP contribution in [0.1, 0.15) is 6.42 Å². The number of fused-ring (bicyclic) bond motifs is 1. The second-order valence-corrected chi connectivity index (χ2v) is 6.83. The molecule has 1 atom stereocenters. The van der Waals surface area contributed by atoms with Gasteiger partial charge in [0.05, 0.1) is 29.5 Å². The monoisotopic (exact) mass is 354 g/mol. The third-order valence-electron chi connectivity index (χ3n) is 4.12. The maximum absolute atomic E-state index is 12.2. The van der Waals surface area contributed by atoms with Gasteiger partial charge in [-0.2, -0.15) is 0 Å². The minimum atomic E-state index is -0.0841. The highest BCUT2D eigenvalue weighted by Crippen LogP contribution is 2.27. The maximum Gasteiger partial charge on any atom is 0.228 e. The predicted octanol–water partition coefficient (Wildman–Crippen LogP) is 2.68. The quantitative estimate of drug-likeness (QED) is 0.753. The highest BCUT2D eigenvalue weighted by Gasteiger charge is 2.17. The highest BCUT2D eigenvalue weighted by molar-refractivity contribution is 7.13. The normalized spacial score (nSPS) is 17.5. The summed E-state index contributed by atoms with van der Waals surface area (Å²) in [6.07, 6.45) is 3.88. The van der Waals surface area contributed by atoms with E-state index in [1.54, 1.807) is 17.5 Å². The van der Waals surface area contributed by atoms with Crippen LogP contribution in [0.2, 0.25) is 0 Å². The van der Waals surface area contributed by atoms with Gasteiger partial charge in [0.1, 0.15) is 5.82 Å². The van der Waals surface area contributed by atoms with Crippen LogP contribution >= 0.6 is 11.3 Å². The molecule has 0 radical (unpaired) electrons. The number of rotatable bonds is 4. The first kappa shape index (κ1) is 16.1. The molecule has 128 valence electrons. The van der Waals surface area contributed by atoms with Gasteiger partial charge in [-0.1, -0.05) is 12.1 Å². The van der Waals surface area contributed by atoms with Crippen LogP contribution in [0.3, 0.4) is 0 Å². The van der Waals surface area contributed by atoms with E-state index in [0.717, 1.165) is 27.8 Å². The number of hydrogen-bond acceptors (Lipinski definition) is 6. The number of carbonyl (C=O) groups excluding carboxylic acids is 1. The summed E-state index contributed by atoms with van der Waals surface area (Å²) in [5.74, 6) is 0.474. The summed E-state index contributed by atoms with van der Waals surface area (Å²) >= 11 is 1.60. The van der Waals surface area contributed by atoms with Crippen LogP contribution in [0.4, 0.5) is 5.82 Å². The smallest absolute Gasteiger partial charge is 0.228 e. The van der Waals surface area contributed by atoms with Crippen LogP contribution < -0.4 is 10.6 Å². The van der Waals surface area contributed by atoms with E-state index in [9.17, 15) is 4.79 Å². The number of hydrogen-bond donors (Lipinski definition) is 2. The Bertz CT molecular complexity index is 876. The number of nitrogens with one attached hydrogen (secondary N) is 2. The summed E-state index contributed by atoms with van der Waals surface area (Å²) in [5, 5.41) is 8.16. The van der Waals surface area contributed by atoms with Gasteiger partial charge in [-0.3, -0.25) is 9.78 Å². The second-order valence-electron chi connectivity index (χ2n) is 5.95. The fraction of sp³-hybridized carbons (Fsp3) is 0.278. The van der Waals surface area contributed by atoms with Crippen molar-refractivity contribution in [2.24, 2.45) is 0 Å². The van der Waals surface area contributed by atoms with Gasteiger partial charge in [0.25, 0.3) is 0 Å². The van der Waals surface area contributed by atoms with Crippen molar-refractivity contribution < 1.29 is 9.53 Å². The summed E-state index contributed by atoms with van der Waals surface area (Å²) in [7, 11) is 0. The Morgan fingerprint density at radius 3 is 3.08 bits per heavy atom. The Morgan fingerprint density at radius 1 is 1.32 bits per heavy atom. The topological polar surface area (TPSA) is 76.1 Å². The lowest BCUT2D eigenvalue weighted by molar-refractivity contribution is -0.119. The van der Waals surface area contributed by atoms with Crippen molar-refractivity contribution in [1.29, 1.82) is 0 Å². The standard InChI is InChI=1S/C18H18N4O2S/c23-18(7-15-9-19-3-4-24-15)22-17-6-14-5-12(16-10-20-11-25-16)1-2-13(14)8-21-17/h1-2,5-6,8,10-11,15,19H,3-4,7,9H2,(H,21,22,23). The van der Waals surface area contributed by atoms with Crippen LogP contribution in [0, 0.1) is 0 Å². The molecule has 7 heteroatoms. The number of benzene rings is 1. The van der Waals surface area contributed by atoms with Gasteiger partial charge in [-0.05, 0) is 23.1 Å². The predicted molar refractivity (Wildman–Crippen MR) is 98.7 cm³/mol. The van der Waals surface area contributed by atoms with Crippen molar-refractivity contribution in [1.82, 2.24) is 15.3 Å². The fourth-order valence-corrected chi connectivity index (χ4v) is 3.49. The van der Waals surface area contributed by atoms with Gasteiger partial charge < -0.3 is 15.4 Å². The molecule has 1 unspecified atom stereocenters. The molecular formula is C18H18N4O2S. The third kappa shape index (κ3) is 3.84. The van der Waals surface area contributed by atoms with Crippen molar-refractivity contribution in [3.63, 3.8) is 0 Å². The number of pyridine rings is 1. The Kier molecular flexibility index (Phi) is 4.69. The Hall–Kier alpha value is -2.35. The van der Waals surface area contributed by atoms with Crippen LogP contribution in [0.15, 0.2) is 42.2 Å². The molecule has 0 bridgehead atoms. The molecule has 4 rings (SSSR count). The Morgan fingerprint density at radius 2 is 2.28 bits per heavy atom. The summed E-state index contributed by atoms with van der Waals surface area (Å²) in [6, 6.07) is 8.08. The van der Waals surface area contributed by atoms with E-state index in [4.69, 9.17) is 4.74 Å². The molecule has 1 amide bonds. The average molecular weight is 354 g/mol. The van der Waals surface area contributed by atoms with Gasteiger partial charge in [0.15, 0.2) is 0 Å². The lowest BCUT2D eigenvalue weighted by Crippen LogP contribution is -2.40. The molecule has 0 spiro atoms. The number of aromatic nitrogens is 2. The van der Waals surface area contributed by atoms with Gasteiger partial charge >= 0.3 is 0 Å². The van der Waals surface area contributed by atoms with Crippen molar-refractivity contribution >= 4 is 33.8 Å². The molecule has 25 heavy (non-hydrogen) atoms. The summed E-state index contributed by atoms with van der Waals surface area (Å²) < 4.78 is 5.57. The highest BCUT2D eigenvalue weighted by atomic mass is 32.1. The fourth-order valence-electron chi connectivity index (χ4n) is 2.87. The van der Waals surface area contributed by atoms with Gasteiger partial charge in [-0.25, -0.2) is 4.98 Å². The van der Waals surface area contributed by atoms with Crippen molar-refractivity contribution in [2.45, 2.75) is 12.5 Å². The molecule has 1 aromatic carbocycles. The molecule has 3 heterocycles. The minimum Gasteiger partial charge on any atom is -0.375 e. The van der Waals surface area contributed by atoms with E-state index in [1.165, 1.54) is 0 Å². The van der Waals surface area contributed by atoms with E-state index in [2.05, 4.69) is 32.7 Å². The lowest BCUT2D eigenvalue weighted by atomic mass is 10.1. The minimum absolute atomic E-state index is 0.0767. The molecule has 2 aromatic heterocycles. The third-order valence-corrected chi connectivity index (χ3v) is 4.95. The second kappa shape index (κ2) is 7.26. The molecule has 1 fully saturated rings. The maximum atomic E-state index is 12.2. The molecular weight excluding hydrogens is 336 g/mol. The molecule has 6 nitrogen and oxygen atoms in total. The molecule has 0 saturated carbocycles. The first-order chi connectivity index (χ1) is 12.3. The Balaban J connectivity index is 1.50. The molecule has 1 aliphatic rings. The Labute approximate surface area is 149 Å². The zero-order valence-electron chi connectivity index (χ0n) is 13.6. The number of ether oxygens (including phenoxy) is 1. The number of anilines is 1. The number of carbonyl (C=O) groups is 1. The van der Waals surface area contributed by atoms with Crippen molar-refractivity contribution in [3.8, 4) is 10.4 Å². The SMILES string of the molecule is O=C(CC1CNCCO1)Nc1cc2cc(-c3cncs3)ccc2cn1. The van der Waals surface area contributed by atoms with Crippen LogP contribution in [-0.4, -0.2) is 41.7 Å². The van der Waals surface area contributed by atoms with E-state index in [0.29, 0.717) is 25.4 Å². The zero-order chi connectivity index (χ0) is 17.1. The average Bonchev–Trinajstić information content (AvgIpc) is 3.16. The van der Waals surface area contributed by atoms with Gasteiger partial charge in [-0.15, -0.1) is 11.3 Å². The van der Waals surface area contributed by atoms with E-state index < -0.39 is 0 Å². The lowest BCUT2D eigenvalue weighted by Gasteiger charge is -2.22. The summed E-state index contributed by atoms with van der Waals surface area (Å²) in [4.78, 5) is 21.8. The molecule has 2 N–H and O–H groups in total. The number of nitrogens with zero attached hydrogens (tertiary/aromatic N) is 2. The van der Waals surface area contributed by atoms with Crippen molar-refractivity contribution in [2.75, 3.05) is 25.0 Å². The molecule has 0 aliphatic carbocycles. The molecule has 1 saturated heterocycles. The molecule has 1 aliphatic heterocycles.